The molecule has 0 aliphatic rings. The monoisotopic (exact) mass is 622 g/mol. The molecule has 1 aromatic heterocycles. The molecule has 14 heteroatoms. The number of nitrogens with one attached hydrogen (secondary N) is 2. The normalized spacial score (nSPS) is 11.2. The van der Waals surface area contributed by atoms with Gasteiger partial charge in [-0.05, 0) is 55.5 Å². The molecule has 0 bridgehead atoms. The maximum atomic E-state index is 13.2. The fourth-order valence-corrected chi connectivity index (χ4v) is 5.37. The van der Waals surface area contributed by atoms with Gasteiger partial charge in [-0.2, -0.15) is 0 Å². The summed E-state index contributed by atoms with van der Waals surface area (Å²) in [4.78, 5) is 37.7. The van der Waals surface area contributed by atoms with E-state index in [0.717, 1.165) is 6.07 Å². The van der Waals surface area contributed by atoms with Gasteiger partial charge in [0.25, 0.3) is 21.5 Å². The highest BCUT2D eigenvalue weighted by molar-refractivity contribution is 7.92. The molecule has 0 aliphatic heterocycles. The van der Waals surface area contributed by atoms with E-state index in [0.29, 0.717) is 16.4 Å². The molecular weight excluding hydrogens is 603 g/mol. The summed E-state index contributed by atoms with van der Waals surface area (Å²) in [5.74, 6) is -1.76. The number of carbonyl (C=O) groups excluding carboxylic acids is 2. The zero-order chi connectivity index (χ0) is 29.2. The fourth-order valence-electron chi connectivity index (χ4n) is 3.70. The summed E-state index contributed by atoms with van der Waals surface area (Å²) in [6, 6.07) is 16.5. The molecule has 0 aliphatic carbocycles. The molecule has 0 saturated heterocycles. The molecule has 0 radical (unpaired) electrons. The molecule has 4 rings (SSSR count). The number of esters is 1. The number of aromatic nitrogens is 2. The van der Waals surface area contributed by atoms with Crippen molar-refractivity contribution in [1.29, 1.82) is 0 Å². The van der Waals surface area contributed by atoms with E-state index in [1.807, 2.05) is 0 Å². The summed E-state index contributed by atoms with van der Waals surface area (Å²) in [5.41, 5.74) is 0.0640. The minimum atomic E-state index is -4.35. The molecular formula is C26H21Cl3N4O6S. The van der Waals surface area contributed by atoms with Gasteiger partial charge in [-0.15, -0.1) is 0 Å². The van der Waals surface area contributed by atoms with Gasteiger partial charge >= 0.3 is 5.97 Å². The minimum Gasteiger partial charge on any atom is -0.452 e. The lowest BCUT2D eigenvalue weighted by Gasteiger charge is -2.11. The summed E-state index contributed by atoms with van der Waals surface area (Å²) in [5, 5.41) is 2.91. The molecule has 0 saturated carbocycles. The van der Waals surface area contributed by atoms with Crippen LogP contribution in [0.1, 0.15) is 16.1 Å². The first-order valence-corrected chi connectivity index (χ1v) is 14.1. The van der Waals surface area contributed by atoms with E-state index in [1.165, 1.54) is 39.7 Å². The van der Waals surface area contributed by atoms with Crippen molar-refractivity contribution >= 4 is 68.1 Å². The Morgan fingerprint density at radius 1 is 0.950 bits per heavy atom. The standard InChI is InChI=1S/C26H21Cl3N4O6S/c1-15-24(25(35)33(32(15)2)17-6-4-3-5-7-17)31-40(37,38)18-9-11-20(28)19(13-18)26(36)39-14-23(34)30-22-12-16(27)8-10-21(22)29/h3-13,31H,14H2,1-2H3,(H,30,34). The first-order valence-electron chi connectivity index (χ1n) is 11.5. The predicted molar refractivity (Wildman–Crippen MR) is 153 cm³/mol. The fraction of sp³-hybridized carbons (Fsp3) is 0.115. The first kappa shape index (κ1) is 29.2. The molecule has 10 nitrogen and oxygen atoms in total. The van der Waals surface area contributed by atoms with Crippen LogP contribution in [0.5, 0.6) is 0 Å². The van der Waals surface area contributed by atoms with E-state index in [9.17, 15) is 22.8 Å². The van der Waals surface area contributed by atoms with Gasteiger partial charge in [0.1, 0.15) is 5.69 Å². The van der Waals surface area contributed by atoms with E-state index >= 15 is 0 Å². The summed E-state index contributed by atoms with van der Waals surface area (Å²) < 4.78 is 36.6. The van der Waals surface area contributed by atoms with Crippen LogP contribution in [-0.4, -0.2) is 36.3 Å². The molecule has 0 atom stereocenters. The Bertz CT molecular complexity index is 1790. The SMILES string of the molecule is Cc1c(NS(=O)(=O)c2ccc(Cl)c(C(=O)OCC(=O)Nc3cc(Cl)ccc3Cl)c2)c(=O)n(-c2ccccc2)n1C. The van der Waals surface area contributed by atoms with Gasteiger partial charge in [0.05, 0.1) is 37.6 Å². The number of anilines is 2. The van der Waals surface area contributed by atoms with Crippen molar-refractivity contribution in [2.75, 3.05) is 16.6 Å². The summed E-state index contributed by atoms with van der Waals surface area (Å²) >= 11 is 18.0. The highest BCUT2D eigenvalue weighted by Crippen LogP contribution is 2.26. The second-order valence-corrected chi connectivity index (χ2v) is 11.4. The Labute approximate surface area is 244 Å². The topological polar surface area (TPSA) is 128 Å². The quantitative estimate of drug-likeness (QED) is 0.265. The second kappa shape index (κ2) is 11.8. The summed E-state index contributed by atoms with van der Waals surface area (Å²) in [6.45, 7) is 0.875. The van der Waals surface area contributed by atoms with Crippen LogP contribution in [0.2, 0.25) is 15.1 Å². The van der Waals surface area contributed by atoms with Crippen LogP contribution in [0.25, 0.3) is 5.69 Å². The van der Waals surface area contributed by atoms with Crippen LogP contribution in [0.3, 0.4) is 0 Å². The van der Waals surface area contributed by atoms with Crippen LogP contribution in [-0.2, 0) is 26.6 Å². The second-order valence-electron chi connectivity index (χ2n) is 8.43. The molecule has 3 aromatic carbocycles. The van der Waals surface area contributed by atoms with Gasteiger partial charge in [-0.25, -0.2) is 17.9 Å². The lowest BCUT2D eigenvalue weighted by Crippen LogP contribution is -2.23. The van der Waals surface area contributed by atoms with Crippen LogP contribution >= 0.6 is 34.8 Å². The van der Waals surface area contributed by atoms with Crippen molar-refractivity contribution in [3.63, 3.8) is 0 Å². The lowest BCUT2D eigenvalue weighted by molar-refractivity contribution is -0.119. The Balaban J connectivity index is 1.53. The van der Waals surface area contributed by atoms with Crippen LogP contribution < -0.4 is 15.6 Å². The van der Waals surface area contributed by atoms with Gasteiger partial charge in [-0.1, -0.05) is 53.0 Å². The number of halogens is 3. The van der Waals surface area contributed by atoms with E-state index in [1.54, 1.807) is 44.3 Å². The van der Waals surface area contributed by atoms with E-state index < -0.39 is 34.1 Å². The maximum Gasteiger partial charge on any atom is 0.340 e. The molecule has 0 unspecified atom stereocenters. The van der Waals surface area contributed by atoms with Crippen LogP contribution in [0, 0.1) is 6.92 Å². The largest absolute Gasteiger partial charge is 0.452 e. The number of sulfonamides is 1. The average Bonchev–Trinajstić information content (AvgIpc) is 3.12. The molecule has 0 fully saturated rings. The number of amides is 1. The number of para-hydroxylation sites is 1. The molecule has 40 heavy (non-hydrogen) atoms. The average molecular weight is 624 g/mol. The van der Waals surface area contributed by atoms with Gasteiger partial charge in [0, 0.05) is 12.1 Å². The first-order chi connectivity index (χ1) is 18.9. The number of carbonyl (C=O) groups is 2. The minimum absolute atomic E-state index is 0.107. The molecule has 0 spiro atoms. The van der Waals surface area contributed by atoms with Crippen molar-refractivity contribution in [1.82, 2.24) is 9.36 Å². The number of ether oxygens (including phenoxy) is 1. The van der Waals surface area contributed by atoms with Crippen molar-refractivity contribution < 1.29 is 22.7 Å². The zero-order valence-electron chi connectivity index (χ0n) is 20.9. The number of hydrogen-bond donors (Lipinski definition) is 2. The van der Waals surface area contributed by atoms with Crippen molar-refractivity contribution in [2.45, 2.75) is 11.8 Å². The van der Waals surface area contributed by atoms with Crippen molar-refractivity contribution in [3.8, 4) is 5.69 Å². The summed E-state index contributed by atoms with van der Waals surface area (Å²) in [7, 11) is -2.73. The maximum absolute atomic E-state index is 13.2. The van der Waals surface area contributed by atoms with Crippen LogP contribution in [0.4, 0.5) is 11.4 Å². The van der Waals surface area contributed by atoms with Crippen LogP contribution in [0.15, 0.2) is 76.4 Å². The molecule has 208 valence electrons. The number of benzene rings is 3. The predicted octanol–water partition coefficient (Wildman–Crippen LogP) is 5.04. The van der Waals surface area contributed by atoms with Gasteiger partial charge in [0.15, 0.2) is 6.61 Å². The third-order valence-corrected chi connectivity index (χ3v) is 8.04. The van der Waals surface area contributed by atoms with Gasteiger partial charge in [-0.3, -0.25) is 19.0 Å². The molecule has 1 amide bonds. The molecule has 1 heterocycles. The zero-order valence-corrected chi connectivity index (χ0v) is 24.0. The Hall–Kier alpha value is -3.77. The Morgan fingerprint density at radius 3 is 2.33 bits per heavy atom. The number of nitrogens with zero attached hydrogens (tertiary/aromatic N) is 2. The highest BCUT2D eigenvalue weighted by atomic mass is 35.5. The smallest absolute Gasteiger partial charge is 0.340 e. The number of hydrogen-bond acceptors (Lipinski definition) is 6. The lowest BCUT2D eigenvalue weighted by atomic mass is 10.2. The van der Waals surface area contributed by atoms with E-state index in [4.69, 9.17) is 39.5 Å². The van der Waals surface area contributed by atoms with Gasteiger partial charge in [0.2, 0.25) is 0 Å². The Morgan fingerprint density at radius 2 is 1.62 bits per heavy atom. The van der Waals surface area contributed by atoms with Crippen molar-refractivity contribution in [2.24, 2.45) is 7.05 Å². The van der Waals surface area contributed by atoms with E-state index in [2.05, 4.69) is 10.0 Å². The third kappa shape index (κ3) is 6.18. The van der Waals surface area contributed by atoms with Crippen molar-refractivity contribution in [3.05, 3.63) is 103 Å². The van der Waals surface area contributed by atoms with Gasteiger partial charge < -0.3 is 10.1 Å². The van der Waals surface area contributed by atoms with E-state index in [-0.39, 0.29) is 31.9 Å². The Kier molecular flexibility index (Phi) is 8.59. The summed E-state index contributed by atoms with van der Waals surface area (Å²) in [6.07, 6.45) is 0. The highest BCUT2D eigenvalue weighted by Gasteiger charge is 2.25. The molecule has 2 N–H and O–H groups in total. The third-order valence-electron chi connectivity index (χ3n) is 5.80. The number of rotatable bonds is 8. The molecule has 4 aromatic rings.